The number of nitrogens with one attached hydrogen (secondary N) is 2. The number of benzene rings is 3. The van der Waals surface area contributed by atoms with E-state index in [4.69, 9.17) is 11.5 Å². The molecule has 0 radical (unpaired) electrons. The maximum atomic E-state index is 15.1. The number of likely N-dealkylation sites (tertiary alicyclic amines) is 2. The Labute approximate surface area is 356 Å². The van der Waals surface area contributed by atoms with Crippen molar-refractivity contribution in [3.63, 3.8) is 0 Å². The first-order chi connectivity index (χ1) is 29.1. The van der Waals surface area contributed by atoms with Crippen molar-refractivity contribution >= 4 is 41.5 Å². The highest BCUT2D eigenvalue weighted by atomic mass is 19.1. The molecule has 0 aromatic heterocycles. The fourth-order valence-corrected chi connectivity index (χ4v) is 11.5. The van der Waals surface area contributed by atoms with Gasteiger partial charge in [0.25, 0.3) is 11.8 Å². The Morgan fingerprint density at radius 2 is 0.984 bits per heavy atom. The molecule has 2 fully saturated rings. The molecular formula is C44H52FN7O10. The molecule has 4 bridgehead atoms. The summed E-state index contributed by atoms with van der Waals surface area (Å²) in [6.45, 7) is 5.94. The molecule has 330 valence electrons. The van der Waals surface area contributed by atoms with Crippen molar-refractivity contribution in [1.82, 2.24) is 20.4 Å². The van der Waals surface area contributed by atoms with Gasteiger partial charge < -0.3 is 36.8 Å². The molecule has 2 saturated heterocycles. The third kappa shape index (κ3) is 6.76. The maximum absolute atomic E-state index is 15.1. The number of carbonyl (C=O) groups is 6. The first-order valence-electron chi connectivity index (χ1n) is 20.4. The maximum Gasteiger partial charge on any atom is 0.411 e. The zero-order valence-electron chi connectivity index (χ0n) is 34.7. The number of aliphatic hydroxyl groups excluding tert-OH is 2. The van der Waals surface area contributed by atoms with Crippen LogP contribution in [0.5, 0.6) is 0 Å². The Morgan fingerprint density at radius 3 is 1.31 bits per heavy atom. The van der Waals surface area contributed by atoms with Crippen molar-refractivity contribution in [2.24, 2.45) is 34.1 Å². The van der Waals surface area contributed by atoms with Crippen molar-refractivity contribution in [2.45, 2.75) is 89.0 Å². The van der Waals surface area contributed by atoms with Crippen molar-refractivity contribution in [1.29, 1.82) is 0 Å². The number of nitrogens with zero attached hydrogens (tertiary/aromatic N) is 3. The second kappa shape index (κ2) is 15.7. The zero-order valence-corrected chi connectivity index (χ0v) is 34.7. The number of carbonyl (C=O) groups excluding carboxylic acids is 4. The molecule has 17 nitrogen and oxygen atoms in total. The van der Waals surface area contributed by atoms with Crippen LogP contribution in [0.3, 0.4) is 0 Å². The summed E-state index contributed by atoms with van der Waals surface area (Å²) >= 11 is 0. The molecule has 18 heteroatoms. The normalized spacial score (nSPS) is 30.0. The topological polar surface area (TPSA) is 269 Å². The summed E-state index contributed by atoms with van der Waals surface area (Å²) in [7, 11) is 0. The molecule has 3 aromatic carbocycles. The van der Waals surface area contributed by atoms with Gasteiger partial charge in [0.05, 0.1) is 24.5 Å². The standard InChI is InChI=1S/C44H52FN7O10/c1-41(2)31(35(46)55)17-23-5-9-25(10-6-23)43(41,37(57)48-39(59)60)50-21-29(53)19-33(50)52(28-15-13-27(45)14-16-28)34-20-30(54)22-51(34)44(38(58)49-40(61)62)26-11-7-24(8-12-26)18-32(36(47)56)42(44,3)4/h5-16,29-34,53-54H,17-22H2,1-4H3,(H2,46,55)(H2,47,56)(H,48,57)(H,49,58)(H,59,60)(H,61,62)/t29-,30-,31?,32?,33-,34-,43-,44-/m0/s1. The third-order valence-electron chi connectivity index (χ3n) is 14.1. The molecule has 6 amide bonds. The average molecular weight is 858 g/mol. The molecule has 4 aliphatic carbocycles. The van der Waals surface area contributed by atoms with Gasteiger partial charge in [0, 0.05) is 54.3 Å². The van der Waals surface area contributed by atoms with Gasteiger partial charge in [-0.3, -0.25) is 39.6 Å². The van der Waals surface area contributed by atoms with E-state index in [0.29, 0.717) is 0 Å². The van der Waals surface area contributed by atoms with E-state index >= 15 is 9.59 Å². The van der Waals surface area contributed by atoms with Gasteiger partial charge in [-0.15, -0.1) is 0 Å². The summed E-state index contributed by atoms with van der Waals surface area (Å²) < 4.78 is 14.9. The Balaban J connectivity index is 1.54. The number of hydrogen-bond acceptors (Lipinski definition) is 11. The van der Waals surface area contributed by atoms with Crippen molar-refractivity contribution in [2.75, 3.05) is 18.0 Å². The number of nitrogens with two attached hydrogens (primary N) is 2. The third-order valence-corrected chi connectivity index (χ3v) is 14.1. The van der Waals surface area contributed by atoms with E-state index in [0.717, 1.165) is 11.1 Å². The van der Waals surface area contributed by atoms with Gasteiger partial charge in [-0.2, -0.15) is 0 Å². The minimum Gasteiger partial charge on any atom is -0.465 e. The second-order valence-electron chi connectivity index (χ2n) is 18.0. The van der Waals surface area contributed by atoms with Crippen LogP contribution >= 0.6 is 0 Å². The number of β-amino-alcohol motifs (C(OH)–C–C–N with tert-alkyl or cyclic N) is 2. The van der Waals surface area contributed by atoms with Crippen LogP contribution in [0.15, 0.2) is 72.8 Å². The van der Waals surface area contributed by atoms with Crippen LogP contribution in [0, 0.1) is 28.5 Å². The zero-order chi connectivity index (χ0) is 45.3. The number of anilines is 1. The van der Waals surface area contributed by atoms with E-state index in [1.807, 2.05) is 10.6 Å². The highest BCUT2D eigenvalue weighted by Crippen LogP contribution is 2.57. The number of primary amides is 2. The molecule has 3 aromatic rings. The lowest BCUT2D eigenvalue weighted by atomic mass is 9.57. The van der Waals surface area contributed by atoms with E-state index < -0.39 is 99.9 Å². The van der Waals surface area contributed by atoms with Crippen LogP contribution < -0.4 is 27.0 Å². The average Bonchev–Trinajstić information content (AvgIpc) is 3.74. The number of rotatable bonds is 9. The molecule has 2 aliphatic heterocycles. The van der Waals surface area contributed by atoms with Gasteiger partial charge in [-0.25, -0.2) is 14.0 Å². The summed E-state index contributed by atoms with van der Waals surface area (Å²) in [5.74, 6) is -6.44. The number of hydrogen-bond donors (Lipinski definition) is 8. The summed E-state index contributed by atoms with van der Waals surface area (Å²) in [5.41, 5.74) is 7.17. The molecule has 0 saturated carbocycles. The van der Waals surface area contributed by atoms with Crippen LogP contribution in [0.25, 0.3) is 0 Å². The molecule has 2 heterocycles. The van der Waals surface area contributed by atoms with Crippen LogP contribution in [0.1, 0.15) is 62.8 Å². The van der Waals surface area contributed by atoms with E-state index in [1.54, 1.807) is 90.9 Å². The van der Waals surface area contributed by atoms with Gasteiger partial charge in [0.1, 0.15) is 16.9 Å². The van der Waals surface area contributed by atoms with Gasteiger partial charge in [0.15, 0.2) is 0 Å². The van der Waals surface area contributed by atoms with E-state index in [9.17, 15) is 44.0 Å². The first-order valence-corrected chi connectivity index (χ1v) is 20.4. The number of carboxylic acid groups (broad SMARTS) is 2. The quantitative estimate of drug-likeness (QED) is 0.154. The molecule has 6 aliphatic rings. The summed E-state index contributed by atoms with van der Waals surface area (Å²) in [4.78, 5) is 87.1. The fourth-order valence-electron chi connectivity index (χ4n) is 11.5. The number of fused-ring (bicyclic) bond motifs is 10. The first kappa shape index (κ1) is 44.1. The lowest BCUT2D eigenvalue weighted by Gasteiger charge is -2.60. The molecule has 9 rings (SSSR count). The smallest absolute Gasteiger partial charge is 0.411 e. The van der Waals surface area contributed by atoms with Crippen LogP contribution in [-0.2, 0) is 43.1 Å². The van der Waals surface area contributed by atoms with Crippen LogP contribution in [0.4, 0.5) is 19.7 Å². The van der Waals surface area contributed by atoms with Crippen LogP contribution in [0.2, 0.25) is 0 Å². The number of aliphatic hydroxyl groups is 2. The van der Waals surface area contributed by atoms with Crippen molar-refractivity contribution in [3.8, 4) is 0 Å². The SMILES string of the molecule is CC1(C)C(C(N)=O)Cc2ccc(cc2)[C@@]1(C(=O)NC(=O)O)N1C[C@@H](O)C[C@@H]1N(c1ccc(F)cc1)[C@H]1C[C@H](O)CN1[C@]1(C(=O)NC(=O)O)c2ccc(cc2)CC(C(N)=O)C1(C)C. The fraction of sp³-hybridized carbons (Fsp3) is 0.455. The van der Waals surface area contributed by atoms with E-state index in [1.165, 1.54) is 24.3 Å². The van der Waals surface area contributed by atoms with Crippen LogP contribution in [-0.4, -0.2) is 104 Å². The Bertz CT molecular complexity index is 2150. The number of halogens is 1. The summed E-state index contributed by atoms with van der Waals surface area (Å²) in [6.07, 6.45) is -8.38. The monoisotopic (exact) mass is 857 g/mol. The molecule has 2 unspecified atom stereocenters. The Hall–Kier alpha value is -5.95. The lowest BCUT2D eigenvalue weighted by molar-refractivity contribution is -0.156. The molecule has 10 N–H and O–H groups in total. The minimum atomic E-state index is -2.11. The van der Waals surface area contributed by atoms with Gasteiger partial charge >= 0.3 is 12.2 Å². The van der Waals surface area contributed by atoms with Gasteiger partial charge in [0.2, 0.25) is 11.8 Å². The molecular weight excluding hydrogens is 806 g/mol. The summed E-state index contributed by atoms with van der Waals surface area (Å²) in [6, 6.07) is 18.7. The molecule has 62 heavy (non-hydrogen) atoms. The van der Waals surface area contributed by atoms with Gasteiger partial charge in [-0.1, -0.05) is 76.2 Å². The van der Waals surface area contributed by atoms with E-state index in [2.05, 4.69) is 0 Å². The highest BCUT2D eigenvalue weighted by molar-refractivity contribution is 6.00. The molecule has 8 atom stereocenters. The largest absolute Gasteiger partial charge is 0.465 e. The van der Waals surface area contributed by atoms with Crippen molar-refractivity contribution < 1.29 is 53.6 Å². The minimum absolute atomic E-state index is 0.0756. The number of amides is 6. The van der Waals surface area contributed by atoms with Crippen molar-refractivity contribution in [3.05, 3.63) is 101 Å². The predicted molar refractivity (Wildman–Crippen MR) is 220 cm³/mol. The number of imide groups is 2. The van der Waals surface area contributed by atoms with E-state index in [-0.39, 0.29) is 55.6 Å². The Morgan fingerprint density at radius 1 is 0.629 bits per heavy atom. The lowest BCUT2D eigenvalue weighted by Crippen LogP contribution is -2.73. The Kier molecular flexibility index (Phi) is 11.2. The van der Waals surface area contributed by atoms with Gasteiger partial charge in [-0.05, 0) is 59.4 Å². The molecule has 0 spiro atoms. The highest BCUT2D eigenvalue weighted by Gasteiger charge is 2.68. The second-order valence-corrected chi connectivity index (χ2v) is 18.0. The predicted octanol–water partition coefficient (Wildman–Crippen LogP) is 2.16. The summed E-state index contributed by atoms with van der Waals surface area (Å²) in [5, 5.41) is 48.0.